The third kappa shape index (κ3) is 8.37. The van der Waals surface area contributed by atoms with Crippen molar-refractivity contribution < 1.29 is 4.74 Å². The molecule has 0 aliphatic heterocycles. The molecule has 0 saturated heterocycles. The van der Waals surface area contributed by atoms with E-state index in [0.717, 1.165) is 17.9 Å². The average molecular weight is 334 g/mol. The molecule has 0 atom stereocenters. The first-order valence-electron chi connectivity index (χ1n) is 9.21. The summed E-state index contributed by atoms with van der Waals surface area (Å²) in [7, 11) is 0. The summed E-state index contributed by atoms with van der Waals surface area (Å²) < 4.78 is 6.03. The van der Waals surface area contributed by atoms with Crippen molar-refractivity contribution in [2.75, 3.05) is 0 Å². The van der Waals surface area contributed by atoms with Crippen LogP contribution in [0.15, 0.2) is 54.6 Å². The predicted octanol–water partition coefficient (Wildman–Crippen LogP) is 6.51. The molecule has 2 aromatic carbocycles. The van der Waals surface area contributed by atoms with Gasteiger partial charge in [-0.3, -0.25) is 0 Å². The van der Waals surface area contributed by atoms with Gasteiger partial charge in [-0.05, 0) is 36.6 Å². The van der Waals surface area contributed by atoms with Gasteiger partial charge in [-0.25, -0.2) is 0 Å². The van der Waals surface area contributed by atoms with Crippen LogP contribution < -0.4 is 4.74 Å². The number of hydrogen-bond donors (Lipinski definition) is 0. The van der Waals surface area contributed by atoms with Gasteiger partial charge < -0.3 is 4.74 Å². The second-order valence-corrected chi connectivity index (χ2v) is 6.25. The molecule has 0 unspecified atom stereocenters. The van der Waals surface area contributed by atoms with Gasteiger partial charge in [0.2, 0.25) is 0 Å². The molecule has 0 aliphatic rings. The minimum absolute atomic E-state index is 0. The van der Waals surface area contributed by atoms with E-state index in [-0.39, 0.29) is 29.6 Å². The summed E-state index contributed by atoms with van der Waals surface area (Å²) in [6.45, 7) is 2.27. The zero-order valence-corrected chi connectivity index (χ0v) is 14.5. The fraction of sp³-hybridized carbons (Fsp3) is 0.455. The van der Waals surface area contributed by atoms with Crippen molar-refractivity contribution in [1.29, 1.82) is 0 Å². The van der Waals surface area contributed by atoms with Crippen LogP contribution in [0.2, 0.25) is 0 Å². The molecule has 0 radical (unpaired) electrons. The van der Waals surface area contributed by atoms with E-state index in [1.807, 2.05) is 30.3 Å². The van der Waals surface area contributed by atoms with Crippen LogP contribution in [0.4, 0.5) is 0 Å². The third-order valence-corrected chi connectivity index (χ3v) is 4.24. The number of hydrogen-bond acceptors (Lipinski definition) is 1. The minimum atomic E-state index is 0. The van der Waals surface area contributed by atoms with E-state index in [0.29, 0.717) is 0 Å². The summed E-state index contributed by atoms with van der Waals surface area (Å²) in [5, 5.41) is 0. The quantitative estimate of drug-likeness (QED) is 0.336. The van der Waals surface area contributed by atoms with E-state index >= 15 is 0 Å². The fourth-order valence-electron chi connectivity index (χ4n) is 2.87. The van der Waals surface area contributed by atoms with Gasteiger partial charge in [0.15, 0.2) is 0 Å². The first-order valence-corrected chi connectivity index (χ1v) is 9.21. The molecule has 0 saturated carbocycles. The van der Waals surface area contributed by atoms with Gasteiger partial charge in [-0.2, -0.15) is 0 Å². The van der Waals surface area contributed by atoms with E-state index in [9.17, 15) is 0 Å². The van der Waals surface area contributed by atoms with Gasteiger partial charge in [0, 0.05) is 0 Å². The monoisotopic (exact) mass is 334 g/mol. The first kappa shape index (κ1) is 21.3. The van der Waals surface area contributed by atoms with Crippen LogP contribution in [0.3, 0.4) is 0 Å². The fourth-order valence-corrected chi connectivity index (χ4v) is 2.87. The molecule has 1 nitrogen and oxygen atoms in total. The van der Waals surface area contributed by atoms with E-state index < -0.39 is 0 Å². The van der Waals surface area contributed by atoms with E-state index in [1.165, 1.54) is 56.9 Å². The first-order chi connectivity index (χ1) is 11.4. The van der Waals surface area contributed by atoms with Crippen molar-refractivity contribution in [3.05, 3.63) is 60.2 Å². The SMILES string of the molecule is CCCCCCCCCCc1ccccc1Oc1ccccc1.[NaH]. The van der Waals surface area contributed by atoms with Crippen LogP contribution in [-0.4, -0.2) is 29.6 Å². The van der Waals surface area contributed by atoms with Crippen LogP contribution in [0.25, 0.3) is 0 Å². The number of ether oxygens (including phenoxy) is 1. The number of benzene rings is 2. The molecule has 0 aliphatic carbocycles. The Bertz CT molecular complexity index is 539. The maximum atomic E-state index is 6.03. The summed E-state index contributed by atoms with van der Waals surface area (Å²) in [4.78, 5) is 0. The molecule has 2 aromatic rings. The Balaban J connectivity index is 0.00000288. The molecule has 0 heterocycles. The molecule has 0 spiro atoms. The predicted molar refractivity (Wildman–Crippen MR) is 106 cm³/mol. The van der Waals surface area contributed by atoms with Gasteiger partial charge in [-0.1, -0.05) is 88.3 Å². The number of aryl methyl sites for hydroxylation is 1. The van der Waals surface area contributed by atoms with Crippen molar-refractivity contribution >= 4 is 29.6 Å². The molecule has 0 bridgehead atoms. The second-order valence-electron chi connectivity index (χ2n) is 6.25. The number of rotatable bonds is 11. The van der Waals surface area contributed by atoms with Gasteiger partial charge in [0.25, 0.3) is 0 Å². The van der Waals surface area contributed by atoms with Gasteiger partial charge >= 0.3 is 29.6 Å². The Hall–Kier alpha value is -0.760. The molecule has 0 fully saturated rings. The number of unbranched alkanes of at least 4 members (excludes halogenated alkanes) is 7. The molecule has 0 aromatic heterocycles. The topological polar surface area (TPSA) is 9.23 Å². The summed E-state index contributed by atoms with van der Waals surface area (Å²) in [5.41, 5.74) is 1.32. The Morgan fingerprint density at radius 2 is 1.25 bits per heavy atom. The Morgan fingerprint density at radius 3 is 1.96 bits per heavy atom. The van der Waals surface area contributed by atoms with Crippen molar-refractivity contribution in [3.63, 3.8) is 0 Å². The Morgan fingerprint density at radius 1 is 0.667 bits per heavy atom. The normalized spacial score (nSPS) is 10.2. The maximum absolute atomic E-state index is 6.03. The van der Waals surface area contributed by atoms with E-state index in [4.69, 9.17) is 4.74 Å². The van der Waals surface area contributed by atoms with Crippen LogP contribution in [-0.2, 0) is 6.42 Å². The standard InChI is InChI=1S/C22H30O.Na.H/c1-2-3-4-5-6-7-8-10-15-20-16-13-14-19-22(20)23-21-17-11-9-12-18-21;;/h9,11-14,16-19H,2-8,10,15H2,1H3;;. The molecule has 24 heavy (non-hydrogen) atoms. The zero-order chi connectivity index (χ0) is 16.2. The Kier molecular flexibility index (Phi) is 12.0. The Labute approximate surface area is 170 Å². The van der Waals surface area contributed by atoms with Gasteiger partial charge in [-0.15, -0.1) is 0 Å². The van der Waals surface area contributed by atoms with E-state index in [2.05, 4.69) is 31.2 Å². The molecular formula is C22H31NaO. The average Bonchev–Trinajstić information content (AvgIpc) is 2.59. The molecule has 2 heteroatoms. The third-order valence-electron chi connectivity index (χ3n) is 4.24. The summed E-state index contributed by atoms with van der Waals surface area (Å²) >= 11 is 0. The summed E-state index contributed by atoms with van der Waals surface area (Å²) in [6, 6.07) is 18.5. The van der Waals surface area contributed by atoms with Crippen molar-refractivity contribution in [1.82, 2.24) is 0 Å². The van der Waals surface area contributed by atoms with Crippen LogP contribution in [0.1, 0.15) is 63.9 Å². The molecule has 0 N–H and O–H groups in total. The number of para-hydroxylation sites is 2. The van der Waals surface area contributed by atoms with E-state index in [1.54, 1.807) is 0 Å². The molecule has 0 amide bonds. The zero-order valence-electron chi connectivity index (χ0n) is 14.5. The van der Waals surface area contributed by atoms with Crippen LogP contribution in [0.5, 0.6) is 11.5 Å². The van der Waals surface area contributed by atoms with Gasteiger partial charge in [0.1, 0.15) is 11.5 Å². The molecular weight excluding hydrogens is 303 g/mol. The van der Waals surface area contributed by atoms with Crippen LogP contribution >= 0.6 is 0 Å². The second kappa shape index (κ2) is 13.5. The summed E-state index contributed by atoms with van der Waals surface area (Å²) in [5.74, 6) is 1.91. The summed E-state index contributed by atoms with van der Waals surface area (Å²) in [6.07, 6.45) is 12.0. The van der Waals surface area contributed by atoms with Crippen molar-refractivity contribution in [3.8, 4) is 11.5 Å². The molecule has 126 valence electrons. The van der Waals surface area contributed by atoms with Crippen LogP contribution in [0, 0.1) is 0 Å². The molecule has 2 rings (SSSR count). The van der Waals surface area contributed by atoms with Crippen molar-refractivity contribution in [2.45, 2.75) is 64.7 Å². The van der Waals surface area contributed by atoms with Gasteiger partial charge in [0.05, 0.1) is 0 Å². The van der Waals surface area contributed by atoms with Crippen molar-refractivity contribution in [2.24, 2.45) is 0 Å².